The average molecular weight is 256 g/mol. The molecule has 0 radical (unpaired) electrons. The van der Waals surface area contributed by atoms with Crippen LogP contribution in [0.25, 0.3) is 5.82 Å². The fraction of sp³-hybridized carbons (Fsp3) is 0.273. The number of pyridine rings is 1. The topological polar surface area (TPSA) is 30.7 Å². The van der Waals surface area contributed by atoms with Gasteiger partial charge in [-0.15, -0.1) is 11.6 Å². The van der Waals surface area contributed by atoms with Crippen LogP contribution in [0.4, 0.5) is 0 Å². The first kappa shape index (κ1) is 11.4. The van der Waals surface area contributed by atoms with E-state index in [4.69, 9.17) is 23.2 Å². The van der Waals surface area contributed by atoms with Gasteiger partial charge in [-0.05, 0) is 25.5 Å². The summed E-state index contributed by atoms with van der Waals surface area (Å²) < 4.78 is 1.87. The Morgan fingerprint density at radius 1 is 1.31 bits per heavy atom. The summed E-state index contributed by atoms with van der Waals surface area (Å²) in [6, 6.07) is 1.83. The number of hydrogen-bond donors (Lipinski definition) is 0. The second-order valence-electron chi connectivity index (χ2n) is 3.57. The molecule has 0 aliphatic heterocycles. The molecular weight excluding hydrogens is 245 g/mol. The number of halogens is 2. The Kier molecular flexibility index (Phi) is 3.17. The van der Waals surface area contributed by atoms with Crippen LogP contribution in [0.2, 0.25) is 5.02 Å². The Labute approximate surface area is 104 Å². The average Bonchev–Trinajstić information content (AvgIpc) is 2.60. The van der Waals surface area contributed by atoms with E-state index in [2.05, 4.69) is 9.97 Å². The lowest BCUT2D eigenvalue weighted by Gasteiger charge is -2.07. The van der Waals surface area contributed by atoms with Gasteiger partial charge < -0.3 is 0 Å². The molecule has 0 atom stereocenters. The number of imidazole rings is 1. The van der Waals surface area contributed by atoms with E-state index in [9.17, 15) is 0 Å². The smallest absolute Gasteiger partial charge is 0.156 e. The fourth-order valence-corrected chi connectivity index (χ4v) is 1.86. The summed E-state index contributed by atoms with van der Waals surface area (Å²) in [5.74, 6) is 1.10. The van der Waals surface area contributed by atoms with Crippen molar-refractivity contribution in [1.82, 2.24) is 14.5 Å². The maximum atomic E-state index is 6.15. The van der Waals surface area contributed by atoms with Gasteiger partial charge in [0, 0.05) is 17.8 Å². The van der Waals surface area contributed by atoms with E-state index in [1.165, 1.54) is 0 Å². The van der Waals surface area contributed by atoms with Gasteiger partial charge in [-0.2, -0.15) is 0 Å². The van der Waals surface area contributed by atoms with E-state index in [0.717, 1.165) is 17.0 Å². The molecule has 2 aromatic rings. The Balaban J connectivity index is 2.52. The number of nitrogens with zero attached hydrogens (tertiary/aromatic N) is 3. The molecule has 0 saturated heterocycles. The molecule has 0 bridgehead atoms. The van der Waals surface area contributed by atoms with Crippen molar-refractivity contribution in [3.63, 3.8) is 0 Å². The first-order valence-electron chi connectivity index (χ1n) is 4.84. The van der Waals surface area contributed by atoms with Crippen LogP contribution in [0.1, 0.15) is 17.0 Å². The van der Waals surface area contributed by atoms with Gasteiger partial charge in [-0.3, -0.25) is 4.57 Å². The second kappa shape index (κ2) is 4.44. The Bertz CT molecular complexity index is 520. The molecule has 84 valence electrons. The molecule has 5 heteroatoms. The summed E-state index contributed by atoms with van der Waals surface area (Å²) in [5.41, 5.74) is 2.91. The highest BCUT2D eigenvalue weighted by Crippen LogP contribution is 2.22. The minimum atomic E-state index is 0.412. The van der Waals surface area contributed by atoms with Crippen molar-refractivity contribution in [2.24, 2.45) is 0 Å². The maximum absolute atomic E-state index is 6.15. The molecule has 2 rings (SSSR count). The van der Waals surface area contributed by atoms with Crippen LogP contribution < -0.4 is 0 Å². The SMILES string of the molecule is Cc1ncn(-c2ncc(CCl)cc2Cl)c1C. The predicted molar refractivity (Wildman–Crippen MR) is 65.4 cm³/mol. The first-order valence-corrected chi connectivity index (χ1v) is 5.76. The molecule has 0 N–H and O–H groups in total. The molecular formula is C11H11Cl2N3. The zero-order valence-corrected chi connectivity index (χ0v) is 10.5. The summed E-state index contributed by atoms with van der Waals surface area (Å²) in [6.07, 6.45) is 3.45. The highest BCUT2D eigenvalue weighted by Gasteiger charge is 2.09. The van der Waals surface area contributed by atoms with E-state index in [-0.39, 0.29) is 0 Å². The van der Waals surface area contributed by atoms with Crippen molar-refractivity contribution < 1.29 is 0 Å². The summed E-state index contributed by atoms with van der Waals surface area (Å²) >= 11 is 11.9. The molecule has 2 heterocycles. The number of hydrogen-bond acceptors (Lipinski definition) is 2. The van der Waals surface area contributed by atoms with E-state index < -0.39 is 0 Å². The molecule has 0 aliphatic rings. The number of rotatable bonds is 2. The third kappa shape index (κ3) is 1.93. The summed E-state index contributed by atoms with van der Waals surface area (Å²) in [5, 5.41) is 0.582. The Hall–Kier alpha value is -1.06. The fourth-order valence-electron chi connectivity index (χ4n) is 1.43. The Morgan fingerprint density at radius 3 is 2.56 bits per heavy atom. The number of alkyl halides is 1. The lowest BCUT2D eigenvalue weighted by molar-refractivity contribution is 0.946. The molecule has 2 aromatic heterocycles. The predicted octanol–water partition coefficient (Wildman–Crippen LogP) is 3.28. The molecule has 3 nitrogen and oxygen atoms in total. The van der Waals surface area contributed by atoms with Crippen molar-refractivity contribution >= 4 is 23.2 Å². The van der Waals surface area contributed by atoms with E-state index in [0.29, 0.717) is 16.7 Å². The molecule has 0 saturated carbocycles. The molecule has 0 fully saturated rings. The van der Waals surface area contributed by atoms with Crippen molar-refractivity contribution in [2.45, 2.75) is 19.7 Å². The monoisotopic (exact) mass is 255 g/mol. The van der Waals surface area contributed by atoms with E-state index in [1.807, 2.05) is 24.5 Å². The van der Waals surface area contributed by atoms with Gasteiger partial charge in [0.25, 0.3) is 0 Å². The van der Waals surface area contributed by atoms with E-state index >= 15 is 0 Å². The third-order valence-corrected chi connectivity index (χ3v) is 3.10. The number of aromatic nitrogens is 3. The summed E-state index contributed by atoms with van der Waals surface area (Å²) in [7, 11) is 0. The van der Waals surface area contributed by atoms with Gasteiger partial charge in [0.2, 0.25) is 0 Å². The standard InChI is InChI=1S/C11H11Cl2N3/c1-7-8(2)16(6-15-7)11-10(13)3-9(4-12)5-14-11/h3,5-6H,4H2,1-2H3. The van der Waals surface area contributed by atoms with Gasteiger partial charge in [-0.25, -0.2) is 9.97 Å². The quantitative estimate of drug-likeness (QED) is 0.772. The largest absolute Gasteiger partial charge is 0.286 e. The van der Waals surface area contributed by atoms with Gasteiger partial charge in [0.05, 0.1) is 10.7 Å². The zero-order valence-electron chi connectivity index (χ0n) is 9.04. The van der Waals surface area contributed by atoms with Gasteiger partial charge >= 0.3 is 0 Å². The van der Waals surface area contributed by atoms with Gasteiger partial charge in [0.15, 0.2) is 5.82 Å². The Morgan fingerprint density at radius 2 is 2.06 bits per heavy atom. The van der Waals surface area contributed by atoms with Crippen LogP contribution in [0, 0.1) is 13.8 Å². The highest BCUT2D eigenvalue weighted by atomic mass is 35.5. The molecule has 0 spiro atoms. The molecule has 0 aromatic carbocycles. The minimum absolute atomic E-state index is 0.412. The minimum Gasteiger partial charge on any atom is -0.286 e. The van der Waals surface area contributed by atoms with Crippen molar-refractivity contribution in [3.8, 4) is 5.82 Å². The molecule has 16 heavy (non-hydrogen) atoms. The van der Waals surface area contributed by atoms with Crippen LogP contribution in [-0.2, 0) is 5.88 Å². The maximum Gasteiger partial charge on any atom is 0.156 e. The highest BCUT2D eigenvalue weighted by molar-refractivity contribution is 6.32. The van der Waals surface area contributed by atoms with Crippen molar-refractivity contribution in [3.05, 3.63) is 40.6 Å². The molecule has 0 amide bonds. The zero-order chi connectivity index (χ0) is 11.7. The first-order chi connectivity index (χ1) is 7.63. The summed E-state index contributed by atoms with van der Waals surface area (Å²) in [6.45, 7) is 3.93. The molecule has 0 unspecified atom stereocenters. The normalized spacial score (nSPS) is 10.8. The van der Waals surface area contributed by atoms with Crippen LogP contribution in [0.15, 0.2) is 18.6 Å². The van der Waals surface area contributed by atoms with Crippen LogP contribution >= 0.6 is 23.2 Å². The van der Waals surface area contributed by atoms with Crippen LogP contribution in [0.5, 0.6) is 0 Å². The van der Waals surface area contributed by atoms with Crippen molar-refractivity contribution in [1.29, 1.82) is 0 Å². The van der Waals surface area contributed by atoms with E-state index in [1.54, 1.807) is 12.5 Å². The van der Waals surface area contributed by atoms with Crippen LogP contribution in [0.3, 0.4) is 0 Å². The number of aryl methyl sites for hydroxylation is 1. The third-order valence-electron chi connectivity index (χ3n) is 2.51. The lowest BCUT2D eigenvalue weighted by atomic mass is 10.3. The van der Waals surface area contributed by atoms with Crippen LogP contribution in [-0.4, -0.2) is 14.5 Å². The van der Waals surface area contributed by atoms with Crippen molar-refractivity contribution in [2.75, 3.05) is 0 Å². The molecule has 0 aliphatic carbocycles. The second-order valence-corrected chi connectivity index (χ2v) is 4.24. The summed E-state index contributed by atoms with van der Waals surface area (Å²) in [4.78, 5) is 8.51. The lowest BCUT2D eigenvalue weighted by Crippen LogP contribution is -2.00. The van der Waals surface area contributed by atoms with Gasteiger partial charge in [-0.1, -0.05) is 11.6 Å². The van der Waals surface area contributed by atoms with Gasteiger partial charge in [0.1, 0.15) is 6.33 Å².